The van der Waals surface area contributed by atoms with Gasteiger partial charge in [-0.25, -0.2) is 4.57 Å². The van der Waals surface area contributed by atoms with Crippen LogP contribution in [0.4, 0.5) is 0 Å². The minimum Gasteiger partial charge on any atom is -0.370 e. The fourth-order valence-electron chi connectivity index (χ4n) is 1.82. The van der Waals surface area contributed by atoms with Crippen LogP contribution < -0.4 is 0 Å². The molecule has 0 spiro atoms. The van der Waals surface area contributed by atoms with Crippen LogP contribution in [0.3, 0.4) is 0 Å². The molecule has 2 aliphatic heterocycles. The Morgan fingerprint density at radius 1 is 1.43 bits per heavy atom. The van der Waals surface area contributed by atoms with Crippen molar-refractivity contribution in [3.05, 3.63) is 0 Å². The molecule has 6 heteroatoms. The number of rotatable bonds is 1. The van der Waals surface area contributed by atoms with E-state index in [-0.39, 0.29) is 30.8 Å². The second kappa shape index (κ2) is 3.58. The molecule has 0 aliphatic carbocycles. The highest BCUT2D eigenvalue weighted by atomic mass is 31.2. The number of ether oxygens (including phenoxy) is 1. The summed E-state index contributed by atoms with van der Waals surface area (Å²) in [6, 6.07) is 0. The van der Waals surface area contributed by atoms with Gasteiger partial charge in [-0.1, -0.05) is 6.92 Å². The maximum atomic E-state index is 11.7. The summed E-state index contributed by atoms with van der Waals surface area (Å²) in [4.78, 5) is 0. The average Bonchev–Trinajstić information content (AvgIpc) is 2.44. The van der Waals surface area contributed by atoms with Gasteiger partial charge >= 0.3 is 7.82 Å². The molecule has 0 amide bonds. The van der Waals surface area contributed by atoms with Crippen molar-refractivity contribution in [2.75, 3.05) is 13.7 Å². The van der Waals surface area contributed by atoms with Crippen molar-refractivity contribution in [3.8, 4) is 0 Å². The van der Waals surface area contributed by atoms with Crippen molar-refractivity contribution in [2.24, 2.45) is 5.92 Å². The predicted molar refractivity (Wildman–Crippen MR) is 48.9 cm³/mol. The smallest absolute Gasteiger partial charge is 0.370 e. The first-order chi connectivity index (χ1) is 6.56. The number of hydrogen-bond donors (Lipinski definition) is 0. The predicted octanol–water partition coefficient (Wildman–Crippen LogP) is 1.58. The Labute approximate surface area is 83.3 Å². The summed E-state index contributed by atoms with van der Waals surface area (Å²) in [5.74, 6) is 0.215. The molecule has 5 nitrogen and oxygen atoms in total. The van der Waals surface area contributed by atoms with E-state index < -0.39 is 7.82 Å². The van der Waals surface area contributed by atoms with Crippen molar-refractivity contribution in [2.45, 2.75) is 32.2 Å². The molecule has 2 aliphatic rings. The monoisotopic (exact) mass is 222 g/mol. The minimum atomic E-state index is -3.31. The van der Waals surface area contributed by atoms with Gasteiger partial charge in [-0.3, -0.25) is 13.6 Å². The van der Waals surface area contributed by atoms with Gasteiger partial charge in [0.15, 0.2) is 0 Å². The van der Waals surface area contributed by atoms with E-state index in [4.69, 9.17) is 18.3 Å². The lowest BCUT2D eigenvalue weighted by Crippen LogP contribution is -2.36. The SMILES string of the molecule is CO[P@@]1(=O)OC[C@H]2O[C@@H](C)C(C)[C@@H]2O1. The standard InChI is InChI=1S/C8H15O5P/c1-5-6(2)12-7-4-11-14(9,10-3)13-8(5)7/h5-8H,4H2,1-3H3/t5?,6-,7+,8-,14-/m0/s1. The second-order valence-electron chi connectivity index (χ2n) is 3.73. The van der Waals surface area contributed by atoms with Crippen molar-refractivity contribution in [3.63, 3.8) is 0 Å². The van der Waals surface area contributed by atoms with E-state index in [9.17, 15) is 4.57 Å². The molecule has 0 aromatic heterocycles. The van der Waals surface area contributed by atoms with Crippen LogP contribution in [-0.2, 0) is 22.9 Å². The summed E-state index contributed by atoms with van der Waals surface area (Å²) in [7, 11) is -1.98. The molecule has 0 aromatic carbocycles. The van der Waals surface area contributed by atoms with Gasteiger partial charge in [-0.15, -0.1) is 0 Å². The number of hydrogen-bond acceptors (Lipinski definition) is 5. The quantitative estimate of drug-likeness (QED) is 0.630. The van der Waals surface area contributed by atoms with Crippen LogP contribution in [0.1, 0.15) is 13.8 Å². The van der Waals surface area contributed by atoms with E-state index in [0.29, 0.717) is 0 Å². The summed E-state index contributed by atoms with van der Waals surface area (Å²) in [6.45, 7) is 4.27. The molecule has 2 fully saturated rings. The highest BCUT2D eigenvalue weighted by molar-refractivity contribution is 7.48. The third-order valence-electron chi connectivity index (χ3n) is 2.89. The van der Waals surface area contributed by atoms with Crippen LogP contribution in [-0.4, -0.2) is 32.0 Å². The third-order valence-corrected chi connectivity index (χ3v) is 4.30. The van der Waals surface area contributed by atoms with Gasteiger partial charge in [0.05, 0.1) is 12.7 Å². The topological polar surface area (TPSA) is 54.0 Å². The van der Waals surface area contributed by atoms with Crippen LogP contribution in [0.5, 0.6) is 0 Å². The average molecular weight is 222 g/mol. The Kier molecular flexibility index (Phi) is 2.70. The van der Waals surface area contributed by atoms with Gasteiger partial charge in [-0.05, 0) is 6.92 Å². The first-order valence-corrected chi connectivity index (χ1v) is 6.16. The molecular weight excluding hydrogens is 207 g/mol. The van der Waals surface area contributed by atoms with Crippen molar-refractivity contribution < 1.29 is 22.9 Å². The van der Waals surface area contributed by atoms with Crippen molar-refractivity contribution >= 4 is 7.82 Å². The largest absolute Gasteiger partial charge is 0.474 e. The molecule has 0 saturated carbocycles. The molecule has 2 saturated heterocycles. The summed E-state index contributed by atoms with van der Waals surface area (Å²) in [5.41, 5.74) is 0. The first kappa shape index (κ1) is 10.6. The lowest BCUT2D eigenvalue weighted by atomic mass is 10.00. The molecule has 14 heavy (non-hydrogen) atoms. The van der Waals surface area contributed by atoms with Gasteiger partial charge in [0.1, 0.15) is 12.2 Å². The van der Waals surface area contributed by atoms with Gasteiger partial charge < -0.3 is 4.74 Å². The lowest BCUT2D eigenvalue weighted by molar-refractivity contribution is -0.0532. The fourth-order valence-corrected chi connectivity index (χ4v) is 3.03. The number of fused-ring (bicyclic) bond motifs is 1. The van der Waals surface area contributed by atoms with Gasteiger partial charge in [0, 0.05) is 13.0 Å². The molecule has 5 atom stereocenters. The normalized spacial score (nSPS) is 53.1. The highest BCUT2D eigenvalue weighted by Crippen LogP contribution is 2.55. The lowest BCUT2D eigenvalue weighted by Gasteiger charge is -2.30. The van der Waals surface area contributed by atoms with Gasteiger partial charge in [0.2, 0.25) is 0 Å². The zero-order chi connectivity index (χ0) is 10.3. The Balaban J connectivity index is 2.12. The van der Waals surface area contributed by atoms with Crippen LogP contribution in [0.15, 0.2) is 0 Å². The third kappa shape index (κ3) is 1.64. The maximum Gasteiger partial charge on any atom is 0.474 e. The van der Waals surface area contributed by atoms with Crippen LogP contribution >= 0.6 is 7.82 Å². The zero-order valence-electron chi connectivity index (χ0n) is 8.50. The number of phosphoric acid groups is 1. The second-order valence-corrected chi connectivity index (χ2v) is 5.46. The molecular formula is C8H15O5P. The van der Waals surface area contributed by atoms with Crippen molar-refractivity contribution in [1.29, 1.82) is 0 Å². The Morgan fingerprint density at radius 2 is 2.14 bits per heavy atom. The molecule has 1 unspecified atom stereocenters. The van der Waals surface area contributed by atoms with E-state index in [1.54, 1.807) is 0 Å². The van der Waals surface area contributed by atoms with E-state index in [1.165, 1.54) is 7.11 Å². The Hall–Kier alpha value is 0.0700. The zero-order valence-corrected chi connectivity index (χ0v) is 9.40. The van der Waals surface area contributed by atoms with E-state index in [1.807, 2.05) is 13.8 Å². The Morgan fingerprint density at radius 3 is 2.79 bits per heavy atom. The van der Waals surface area contributed by atoms with Crippen LogP contribution in [0.2, 0.25) is 0 Å². The number of phosphoric ester groups is 1. The fraction of sp³-hybridized carbons (Fsp3) is 1.00. The van der Waals surface area contributed by atoms with Crippen LogP contribution in [0.25, 0.3) is 0 Å². The van der Waals surface area contributed by atoms with Gasteiger partial charge in [-0.2, -0.15) is 0 Å². The summed E-state index contributed by atoms with van der Waals surface area (Å²) >= 11 is 0. The molecule has 82 valence electrons. The first-order valence-electron chi connectivity index (χ1n) is 4.70. The molecule has 0 bridgehead atoms. The summed E-state index contributed by atoms with van der Waals surface area (Å²) < 4.78 is 32.3. The van der Waals surface area contributed by atoms with Crippen LogP contribution in [0, 0.1) is 5.92 Å². The summed E-state index contributed by atoms with van der Waals surface area (Å²) in [6.07, 6.45) is -0.182. The van der Waals surface area contributed by atoms with E-state index in [2.05, 4.69) is 0 Å². The van der Waals surface area contributed by atoms with Gasteiger partial charge in [0.25, 0.3) is 0 Å². The van der Waals surface area contributed by atoms with E-state index in [0.717, 1.165) is 0 Å². The molecule has 2 rings (SSSR count). The maximum absolute atomic E-state index is 11.7. The molecule has 0 radical (unpaired) electrons. The molecule has 0 N–H and O–H groups in total. The highest BCUT2D eigenvalue weighted by Gasteiger charge is 2.49. The van der Waals surface area contributed by atoms with E-state index >= 15 is 0 Å². The minimum absolute atomic E-state index is 0.108. The molecule has 2 heterocycles. The molecule has 0 aromatic rings. The summed E-state index contributed by atoms with van der Waals surface area (Å²) in [5, 5.41) is 0. The Bertz CT molecular complexity index is 268. The van der Waals surface area contributed by atoms with Crippen molar-refractivity contribution in [1.82, 2.24) is 0 Å².